The van der Waals surface area contributed by atoms with Gasteiger partial charge in [0.1, 0.15) is 0 Å². The van der Waals surface area contributed by atoms with Gasteiger partial charge in [-0.3, -0.25) is 0 Å². The lowest BCUT2D eigenvalue weighted by atomic mass is 9.79. The highest BCUT2D eigenvalue weighted by atomic mass is 79.9. The van der Waals surface area contributed by atoms with E-state index in [-0.39, 0.29) is 5.41 Å². The zero-order chi connectivity index (χ0) is 13.9. The highest BCUT2D eigenvalue weighted by molar-refractivity contribution is 9.10. The molecule has 1 aromatic rings. The van der Waals surface area contributed by atoms with Crippen molar-refractivity contribution in [1.82, 2.24) is 0 Å². The van der Waals surface area contributed by atoms with Gasteiger partial charge >= 0.3 is 0 Å². The monoisotopic (exact) mass is 452 g/mol. The summed E-state index contributed by atoms with van der Waals surface area (Å²) >= 11 is 11.1. The SMILES string of the molecule is CC1CCC(CC(CBr)(CBr)c2ccccc2Br)O1. The van der Waals surface area contributed by atoms with Crippen LogP contribution in [0.2, 0.25) is 0 Å². The van der Waals surface area contributed by atoms with Crippen molar-refractivity contribution < 1.29 is 4.74 Å². The Balaban J connectivity index is 2.25. The minimum atomic E-state index is 0.0782. The molecule has 1 nitrogen and oxygen atoms in total. The van der Waals surface area contributed by atoms with E-state index in [2.05, 4.69) is 79.0 Å². The van der Waals surface area contributed by atoms with Crippen molar-refractivity contribution in [3.63, 3.8) is 0 Å². The fourth-order valence-electron chi connectivity index (χ4n) is 2.76. The average Bonchev–Trinajstić information content (AvgIpc) is 2.82. The van der Waals surface area contributed by atoms with Gasteiger partial charge in [-0.25, -0.2) is 0 Å². The minimum Gasteiger partial charge on any atom is -0.375 e. The summed E-state index contributed by atoms with van der Waals surface area (Å²) in [5.74, 6) is 0. The normalized spacial score (nSPS) is 23.8. The molecule has 2 rings (SSSR count). The maximum absolute atomic E-state index is 6.02. The van der Waals surface area contributed by atoms with Crippen LogP contribution in [0.1, 0.15) is 31.7 Å². The van der Waals surface area contributed by atoms with Crippen LogP contribution in [0.4, 0.5) is 0 Å². The molecule has 4 heteroatoms. The van der Waals surface area contributed by atoms with Crippen LogP contribution in [0.15, 0.2) is 28.7 Å². The lowest BCUT2D eigenvalue weighted by molar-refractivity contribution is 0.0405. The van der Waals surface area contributed by atoms with E-state index in [4.69, 9.17) is 4.74 Å². The number of rotatable bonds is 5. The first-order valence-corrected chi connectivity index (χ1v) is 9.67. The van der Waals surface area contributed by atoms with Crippen molar-refractivity contribution in [2.45, 2.75) is 43.8 Å². The molecule has 2 unspecified atom stereocenters. The first-order valence-electron chi connectivity index (χ1n) is 6.64. The highest BCUT2D eigenvalue weighted by Gasteiger charge is 2.37. The first kappa shape index (κ1) is 16.0. The Morgan fingerprint density at radius 1 is 1.21 bits per heavy atom. The minimum absolute atomic E-state index is 0.0782. The molecule has 0 radical (unpaired) electrons. The fraction of sp³-hybridized carbons (Fsp3) is 0.600. The summed E-state index contributed by atoms with van der Waals surface area (Å²) in [7, 11) is 0. The van der Waals surface area contributed by atoms with Crippen molar-refractivity contribution in [3.05, 3.63) is 34.3 Å². The van der Waals surface area contributed by atoms with Crippen LogP contribution in [0.5, 0.6) is 0 Å². The Morgan fingerprint density at radius 2 is 1.89 bits per heavy atom. The molecular weight excluding hydrogens is 436 g/mol. The molecule has 106 valence electrons. The Labute approximate surface area is 140 Å². The summed E-state index contributed by atoms with van der Waals surface area (Å²) in [5.41, 5.74) is 1.43. The molecule has 1 aliphatic rings. The second-order valence-corrected chi connectivity index (χ2v) is 7.35. The van der Waals surface area contributed by atoms with E-state index in [9.17, 15) is 0 Å². The molecule has 1 heterocycles. The van der Waals surface area contributed by atoms with Gasteiger partial charge in [0.25, 0.3) is 0 Å². The summed E-state index contributed by atoms with van der Waals surface area (Å²) in [4.78, 5) is 0. The molecule has 0 aromatic heterocycles. The number of hydrogen-bond donors (Lipinski definition) is 0. The van der Waals surface area contributed by atoms with Crippen LogP contribution in [-0.2, 0) is 10.2 Å². The highest BCUT2D eigenvalue weighted by Crippen LogP contribution is 2.40. The largest absolute Gasteiger partial charge is 0.375 e. The Kier molecular flexibility index (Phi) is 5.94. The Morgan fingerprint density at radius 3 is 2.42 bits per heavy atom. The molecule has 19 heavy (non-hydrogen) atoms. The van der Waals surface area contributed by atoms with E-state index >= 15 is 0 Å². The van der Waals surface area contributed by atoms with E-state index in [0.29, 0.717) is 12.2 Å². The van der Waals surface area contributed by atoms with Crippen LogP contribution in [0.3, 0.4) is 0 Å². The Hall–Kier alpha value is 0.620. The smallest absolute Gasteiger partial charge is 0.0588 e. The molecule has 2 atom stereocenters. The van der Waals surface area contributed by atoms with Gasteiger partial charge in [0.05, 0.1) is 12.2 Å². The molecule has 0 saturated carbocycles. The molecule has 1 aromatic carbocycles. The van der Waals surface area contributed by atoms with Gasteiger partial charge in [-0.1, -0.05) is 66.0 Å². The second kappa shape index (κ2) is 7.06. The quantitative estimate of drug-likeness (QED) is 0.539. The molecule has 0 aliphatic carbocycles. The maximum Gasteiger partial charge on any atom is 0.0588 e. The molecule has 1 saturated heterocycles. The number of halogens is 3. The second-order valence-electron chi connectivity index (χ2n) is 5.38. The summed E-state index contributed by atoms with van der Waals surface area (Å²) in [6.07, 6.45) is 4.19. The molecule has 0 bridgehead atoms. The zero-order valence-corrected chi connectivity index (χ0v) is 15.8. The molecule has 1 aliphatic heterocycles. The molecule has 1 fully saturated rings. The van der Waals surface area contributed by atoms with Gasteiger partial charge in [0.2, 0.25) is 0 Å². The predicted molar refractivity (Wildman–Crippen MR) is 91.6 cm³/mol. The average molecular weight is 455 g/mol. The fourth-order valence-corrected chi connectivity index (χ4v) is 5.46. The number of benzene rings is 1. The zero-order valence-electron chi connectivity index (χ0n) is 11.0. The van der Waals surface area contributed by atoms with Crippen molar-refractivity contribution in [3.8, 4) is 0 Å². The van der Waals surface area contributed by atoms with Crippen molar-refractivity contribution in [2.75, 3.05) is 10.7 Å². The number of hydrogen-bond acceptors (Lipinski definition) is 1. The summed E-state index contributed by atoms with van der Waals surface area (Å²) in [6, 6.07) is 8.51. The lowest BCUT2D eigenvalue weighted by Gasteiger charge is -2.34. The number of ether oxygens (including phenoxy) is 1. The van der Waals surface area contributed by atoms with Gasteiger partial charge < -0.3 is 4.74 Å². The van der Waals surface area contributed by atoms with E-state index in [1.54, 1.807) is 0 Å². The van der Waals surface area contributed by atoms with Crippen LogP contribution in [0.25, 0.3) is 0 Å². The van der Waals surface area contributed by atoms with E-state index in [1.165, 1.54) is 22.9 Å². The molecular formula is C15H19Br3O. The third-order valence-corrected chi connectivity index (χ3v) is 6.73. The van der Waals surface area contributed by atoms with Crippen molar-refractivity contribution in [1.29, 1.82) is 0 Å². The molecule has 0 N–H and O–H groups in total. The summed E-state index contributed by atoms with van der Waals surface area (Å²) < 4.78 is 7.21. The van der Waals surface area contributed by atoms with Gasteiger partial charge in [-0.05, 0) is 37.8 Å². The van der Waals surface area contributed by atoms with Gasteiger partial charge in [-0.15, -0.1) is 0 Å². The van der Waals surface area contributed by atoms with E-state index in [1.807, 2.05) is 0 Å². The topological polar surface area (TPSA) is 9.23 Å². The van der Waals surface area contributed by atoms with Gasteiger partial charge in [-0.2, -0.15) is 0 Å². The lowest BCUT2D eigenvalue weighted by Crippen LogP contribution is -2.35. The summed E-state index contributed by atoms with van der Waals surface area (Å²) in [5, 5.41) is 1.87. The number of alkyl halides is 2. The van der Waals surface area contributed by atoms with Gasteiger partial charge in [0.15, 0.2) is 0 Å². The third kappa shape index (κ3) is 3.63. The summed E-state index contributed by atoms with van der Waals surface area (Å²) in [6.45, 7) is 2.17. The van der Waals surface area contributed by atoms with Crippen LogP contribution in [-0.4, -0.2) is 22.9 Å². The molecule has 0 spiro atoms. The Bertz CT molecular complexity index is 418. The first-order chi connectivity index (χ1) is 9.11. The van der Waals surface area contributed by atoms with Gasteiger partial charge in [0, 0.05) is 20.5 Å². The van der Waals surface area contributed by atoms with Crippen LogP contribution < -0.4 is 0 Å². The van der Waals surface area contributed by atoms with E-state index in [0.717, 1.165) is 17.1 Å². The predicted octanol–water partition coefficient (Wildman–Crippen LogP) is 5.43. The van der Waals surface area contributed by atoms with Crippen molar-refractivity contribution in [2.24, 2.45) is 0 Å². The maximum atomic E-state index is 6.02. The van der Waals surface area contributed by atoms with E-state index < -0.39 is 0 Å². The van der Waals surface area contributed by atoms with Crippen LogP contribution >= 0.6 is 47.8 Å². The molecule has 0 amide bonds. The van der Waals surface area contributed by atoms with Crippen molar-refractivity contribution >= 4 is 47.8 Å². The van der Waals surface area contributed by atoms with Crippen LogP contribution in [0, 0.1) is 0 Å². The third-order valence-electron chi connectivity index (χ3n) is 3.90. The standard InChI is InChI=1S/C15H19Br3O/c1-11-6-7-12(19-11)8-15(9-16,10-17)13-4-2-3-5-14(13)18/h2-5,11-12H,6-10H2,1H3.